The molecule has 0 saturated heterocycles. The number of carbonyl (C=O) groups excluding carboxylic acids is 1. The predicted molar refractivity (Wildman–Crippen MR) is 73.1 cm³/mol. The summed E-state index contributed by atoms with van der Waals surface area (Å²) in [6.45, 7) is 0.302. The first-order valence-electron chi connectivity index (χ1n) is 6.81. The molecule has 1 aliphatic rings. The monoisotopic (exact) mass is 246 g/mol. The molecule has 0 bridgehead atoms. The van der Waals surface area contributed by atoms with Crippen molar-refractivity contribution in [2.45, 2.75) is 38.1 Å². The lowest BCUT2D eigenvalue weighted by molar-refractivity contribution is -0.117. The second-order valence-corrected chi connectivity index (χ2v) is 5.19. The van der Waals surface area contributed by atoms with Crippen LogP contribution in [-0.4, -0.2) is 18.5 Å². The van der Waals surface area contributed by atoms with E-state index in [0.29, 0.717) is 18.5 Å². The first kappa shape index (κ1) is 13.1. The number of hydrogen-bond donors (Lipinski definition) is 2. The number of hydrogen-bond acceptors (Lipinski definition) is 2. The van der Waals surface area contributed by atoms with Gasteiger partial charge in [0, 0.05) is 6.04 Å². The van der Waals surface area contributed by atoms with Crippen LogP contribution in [0.4, 0.5) is 0 Å². The SMILES string of the molecule is NC(=O)CN[C@@H]1CCCC[C@@H]1Cc1ccccc1. The number of amides is 1. The van der Waals surface area contributed by atoms with Crippen LogP contribution in [0, 0.1) is 5.92 Å². The Kier molecular flexibility index (Phi) is 4.76. The van der Waals surface area contributed by atoms with Gasteiger partial charge in [0.05, 0.1) is 6.54 Å². The molecule has 2 rings (SSSR count). The van der Waals surface area contributed by atoms with E-state index in [1.165, 1.54) is 24.8 Å². The molecule has 98 valence electrons. The highest BCUT2D eigenvalue weighted by Crippen LogP contribution is 2.27. The molecule has 1 aliphatic carbocycles. The summed E-state index contributed by atoms with van der Waals surface area (Å²) >= 11 is 0. The van der Waals surface area contributed by atoms with Gasteiger partial charge in [0.2, 0.25) is 5.91 Å². The zero-order valence-corrected chi connectivity index (χ0v) is 10.8. The van der Waals surface area contributed by atoms with Crippen molar-refractivity contribution in [2.75, 3.05) is 6.54 Å². The molecule has 1 aromatic carbocycles. The van der Waals surface area contributed by atoms with E-state index in [-0.39, 0.29) is 5.91 Å². The van der Waals surface area contributed by atoms with Gasteiger partial charge in [0.1, 0.15) is 0 Å². The van der Waals surface area contributed by atoms with Crippen molar-refractivity contribution >= 4 is 5.91 Å². The molecular formula is C15H22N2O. The maximum absolute atomic E-state index is 10.9. The Hall–Kier alpha value is -1.35. The van der Waals surface area contributed by atoms with Crippen molar-refractivity contribution in [2.24, 2.45) is 11.7 Å². The quantitative estimate of drug-likeness (QED) is 0.833. The van der Waals surface area contributed by atoms with Crippen LogP contribution in [0.25, 0.3) is 0 Å². The molecular weight excluding hydrogens is 224 g/mol. The Bertz CT molecular complexity index is 377. The van der Waals surface area contributed by atoms with E-state index in [1.807, 2.05) is 6.07 Å². The predicted octanol–water partition coefficient (Wildman–Crippen LogP) is 1.86. The molecule has 3 heteroatoms. The number of nitrogens with one attached hydrogen (secondary N) is 1. The molecule has 0 aliphatic heterocycles. The largest absolute Gasteiger partial charge is 0.369 e. The molecule has 3 N–H and O–H groups in total. The number of rotatable bonds is 5. The van der Waals surface area contributed by atoms with Crippen molar-refractivity contribution < 1.29 is 4.79 Å². The Labute approximate surface area is 109 Å². The van der Waals surface area contributed by atoms with Crippen molar-refractivity contribution in [1.82, 2.24) is 5.32 Å². The van der Waals surface area contributed by atoms with E-state index in [9.17, 15) is 4.79 Å². The van der Waals surface area contributed by atoms with Gasteiger partial charge in [-0.25, -0.2) is 0 Å². The molecule has 0 heterocycles. The lowest BCUT2D eigenvalue weighted by atomic mass is 9.80. The molecule has 18 heavy (non-hydrogen) atoms. The Morgan fingerprint density at radius 3 is 2.67 bits per heavy atom. The highest BCUT2D eigenvalue weighted by molar-refractivity contribution is 5.75. The van der Waals surface area contributed by atoms with Gasteiger partial charge in [-0.3, -0.25) is 4.79 Å². The second kappa shape index (κ2) is 6.55. The molecule has 1 amide bonds. The van der Waals surface area contributed by atoms with Crippen molar-refractivity contribution in [3.05, 3.63) is 35.9 Å². The van der Waals surface area contributed by atoms with E-state index in [4.69, 9.17) is 5.73 Å². The summed E-state index contributed by atoms with van der Waals surface area (Å²) in [6.07, 6.45) is 6.04. The summed E-state index contributed by atoms with van der Waals surface area (Å²) < 4.78 is 0. The minimum Gasteiger partial charge on any atom is -0.369 e. The fourth-order valence-corrected chi connectivity index (χ4v) is 2.87. The van der Waals surface area contributed by atoms with Crippen LogP contribution in [0.5, 0.6) is 0 Å². The molecule has 3 nitrogen and oxygen atoms in total. The summed E-state index contributed by atoms with van der Waals surface area (Å²) in [6, 6.07) is 11.0. The van der Waals surface area contributed by atoms with E-state index < -0.39 is 0 Å². The van der Waals surface area contributed by atoms with Crippen LogP contribution < -0.4 is 11.1 Å². The summed E-state index contributed by atoms with van der Waals surface area (Å²) in [5, 5.41) is 3.32. The highest BCUT2D eigenvalue weighted by atomic mass is 16.1. The fraction of sp³-hybridized carbons (Fsp3) is 0.533. The fourth-order valence-electron chi connectivity index (χ4n) is 2.87. The van der Waals surface area contributed by atoms with Gasteiger partial charge < -0.3 is 11.1 Å². The summed E-state index contributed by atoms with van der Waals surface area (Å²) in [4.78, 5) is 10.9. The van der Waals surface area contributed by atoms with Crippen LogP contribution in [0.15, 0.2) is 30.3 Å². The molecule has 0 radical (unpaired) electrons. The average molecular weight is 246 g/mol. The van der Waals surface area contributed by atoms with E-state index in [0.717, 1.165) is 12.8 Å². The first-order valence-corrected chi connectivity index (χ1v) is 6.81. The third kappa shape index (κ3) is 3.84. The number of carbonyl (C=O) groups is 1. The van der Waals surface area contributed by atoms with Crippen molar-refractivity contribution in [3.8, 4) is 0 Å². The normalized spacial score (nSPS) is 23.8. The zero-order valence-electron chi connectivity index (χ0n) is 10.8. The number of primary amides is 1. The number of benzene rings is 1. The summed E-state index contributed by atoms with van der Waals surface area (Å²) in [7, 11) is 0. The molecule has 1 saturated carbocycles. The average Bonchev–Trinajstić information content (AvgIpc) is 2.39. The van der Waals surface area contributed by atoms with Gasteiger partial charge in [0.15, 0.2) is 0 Å². The molecule has 0 unspecified atom stereocenters. The van der Waals surface area contributed by atoms with Crippen molar-refractivity contribution in [3.63, 3.8) is 0 Å². The lowest BCUT2D eigenvalue weighted by Gasteiger charge is -2.32. The van der Waals surface area contributed by atoms with E-state index in [2.05, 4.69) is 29.6 Å². The summed E-state index contributed by atoms with van der Waals surface area (Å²) in [5.74, 6) is 0.361. The Morgan fingerprint density at radius 2 is 1.94 bits per heavy atom. The molecule has 1 aromatic rings. The molecule has 2 atom stereocenters. The zero-order chi connectivity index (χ0) is 12.8. The minimum absolute atomic E-state index is 0.265. The first-order chi connectivity index (χ1) is 8.75. The number of nitrogens with two attached hydrogens (primary N) is 1. The summed E-state index contributed by atoms with van der Waals surface area (Å²) in [5.41, 5.74) is 6.59. The van der Waals surface area contributed by atoms with Gasteiger partial charge >= 0.3 is 0 Å². The molecule has 0 aromatic heterocycles. The topological polar surface area (TPSA) is 55.1 Å². The standard InChI is InChI=1S/C15H22N2O/c16-15(18)11-17-14-9-5-4-8-13(14)10-12-6-2-1-3-7-12/h1-3,6-7,13-14,17H,4-5,8-11H2,(H2,16,18)/t13-,14-/m1/s1. The van der Waals surface area contributed by atoms with Crippen molar-refractivity contribution in [1.29, 1.82) is 0 Å². The maximum Gasteiger partial charge on any atom is 0.231 e. The second-order valence-electron chi connectivity index (χ2n) is 5.19. The maximum atomic E-state index is 10.9. The third-order valence-electron chi connectivity index (χ3n) is 3.79. The third-order valence-corrected chi connectivity index (χ3v) is 3.79. The Balaban J connectivity index is 1.93. The van der Waals surface area contributed by atoms with E-state index in [1.54, 1.807) is 0 Å². The van der Waals surface area contributed by atoms with Crippen LogP contribution in [-0.2, 0) is 11.2 Å². The van der Waals surface area contributed by atoms with Gasteiger partial charge in [-0.15, -0.1) is 0 Å². The van der Waals surface area contributed by atoms with Crippen LogP contribution in [0.2, 0.25) is 0 Å². The molecule has 0 spiro atoms. The highest BCUT2D eigenvalue weighted by Gasteiger charge is 2.24. The molecule has 1 fully saturated rings. The van der Waals surface area contributed by atoms with Gasteiger partial charge in [0.25, 0.3) is 0 Å². The van der Waals surface area contributed by atoms with Crippen LogP contribution >= 0.6 is 0 Å². The smallest absolute Gasteiger partial charge is 0.231 e. The van der Waals surface area contributed by atoms with E-state index >= 15 is 0 Å². The van der Waals surface area contributed by atoms with Crippen LogP contribution in [0.1, 0.15) is 31.2 Å². The van der Waals surface area contributed by atoms with Gasteiger partial charge in [-0.1, -0.05) is 43.2 Å². The van der Waals surface area contributed by atoms with Crippen LogP contribution in [0.3, 0.4) is 0 Å². The lowest BCUT2D eigenvalue weighted by Crippen LogP contribution is -2.43. The van der Waals surface area contributed by atoms with Gasteiger partial charge in [-0.05, 0) is 30.7 Å². The minimum atomic E-state index is -0.265. The van der Waals surface area contributed by atoms with Gasteiger partial charge in [-0.2, -0.15) is 0 Å². The Morgan fingerprint density at radius 1 is 1.22 bits per heavy atom.